The molecule has 3 nitrogen and oxygen atoms in total. The van der Waals surface area contributed by atoms with Gasteiger partial charge in [0.1, 0.15) is 18.2 Å². The first kappa shape index (κ1) is 12.8. The molecule has 18 heavy (non-hydrogen) atoms. The third-order valence-corrected chi connectivity index (χ3v) is 2.76. The van der Waals surface area contributed by atoms with E-state index in [9.17, 15) is 4.39 Å². The van der Waals surface area contributed by atoms with Crippen molar-refractivity contribution in [2.45, 2.75) is 13.2 Å². The SMILES string of the molecule is NCc1cc(F)cc(OCc2ccncc2Cl)c1. The number of hydrogen-bond donors (Lipinski definition) is 1. The number of rotatable bonds is 4. The molecule has 94 valence electrons. The molecule has 0 spiro atoms. The van der Waals surface area contributed by atoms with Crippen LogP contribution in [0.1, 0.15) is 11.1 Å². The monoisotopic (exact) mass is 266 g/mol. The molecular formula is C13H12ClFN2O. The Morgan fingerprint density at radius 1 is 1.33 bits per heavy atom. The van der Waals surface area contributed by atoms with Crippen LogP contribution in [0.3, 0.4) is 0 Å². The minimum Gasteiger partial charge on any atom is -0.489 e. The van der Waals surface area contributed by atoms with Crippen molar-refractivity contribution in [2.24, 2.45) is 5.73 Å². The summed E-state index contributed by atoms with van der Waals surface area (Å²) in [5.41, 5.74) is 6.95. The average Bonchev–Trinajstić information content (AvgIpc) is 2.37. The van der Waals surface area contributed by atoms with Crippen LogP contribution >= 0.6 is 11.6 Å². The highest BCUT2D eigenvalue weighted by Gasteiger charge is 2.04. The van der Waals surface area contributed by atoms with Gasteiger partial charge in [-0.1, -0.05) is 11.6 Å². The molecule has 0 atom stereocenters. The second kappa shape index (κ2) is 5.80. The second-order valence-corrected chi connectivity index (χ2v) is 4.16. The molecule has 1 aromatic heterocycles. The van der Waals surface area contributed by atoms with Crippen molar-refractivity contribution in [3.8, 4) is 5.75 Å². The van der Waals surface area contributed by atoms with Crippen molar-refractivity contribution in [3.05, 3.63) is 58.6 Å². The topological polar surface area (TPSA) is 48.1 Å². The standard InChI is InChI=1S/C13H12ClFN2O/c14-13-7-17-2-1-10(13)8-18-12-4-9(6-16)3-11(15)5-12/h1-5,7H,6,8,16H2. The molecule has 0 amide bonds. The molecule has 0 bridgehead atoms. The van der Waals surface area contributed by atoms with Gasteiger partial charge in [0.15, 0.2) is 0 Å². The van der Waals surface area contributed by atoms with E-state index in [0.29, 0.717) is 16.3 Å². The summed E-state index contributed by atoms with van der Waals surface area (Å²) in [4.78, 5) is 3.88. The van der Waals surface area contributed by atoms with Gasteiger partial charge in [-0.25, -0.2) is 4.39 Å². The van der Waals surface area contributed by atoms with Crippen molar-refractivity contribution < 1.29 is 9.13 Å². The molecule has 2 rings (SSSR count). The zero-order chi connectivity index (χ0) is 13.0. The van der Waals surface area contributed by atoms with Crippen LogP contribution in [0.2, 0.25) is 5.02 Å². The van der Waals surface area contributed by atoms with Crippen molar-refractivity contribution in [3.63, 3.8) is 0 Å². The van der Waals surface area contributed by atoms with E-state index in [2.05, 4.69) is 4.98 Å². The van der Waals surface area contributed by atoms with Crippen LogP contribution in [0, 0.1) is 5.82 Å². The van der Waals surface area contributed by atoms with Gasteiger partial charge >= 0.3 is 0 Å². The number of nitrogens with zero attached hydrogens (tertiary/aromatic N) is 1. The highest BCUT2D eigenvalue weighted by atomic mass is 35.5. The molecule has 0 fully saturated rings. The van der Waals surface area contributed by atoms with Gasteiger partial charge in [-0.3, -0.25) is 4.98 Å². The van der Waals surface area contributed by atoms with E-state index in [1.807, 2.05) is 0 Å². The maximum Gasteiger partial charge on any atom is 0.127 e. The molecule has 5 heteroatoms. The Labute approximate surface area is 109 Å². The van der Waals surface area contributed by atoms with Gasteiger partial charge in [-0.2, -0.15) is 0 Å². The van der Waals surface area contributed by atoms with E-state index in [0.717, 1.165) is 5.56 Å². The highest BCUT2D eigenvalue weighted by Crippen LogP contribution is 2.20. The first-order valence-corrected chi connectivity index (χ1v) is 5.77. The van der Waals surface area contributed by atoms with Gasteiger partial charge in [0.05, 0.1) is 5.02 Å². The lowest BCUT2D eigenvalue weighted by Gasteiger charge is -2.09. The lowest BCUT2D eigenvalue weighted by Crippen LogP contribution is -2.00. The third kappa shape index (κ3) is 3.18. The summed E-state index contributed by atoms with van der Waals surface area (Å²) in [6, 6.07) is 6.16. The first-order valence-electron chi connectivity index (χ1n) is 5.40. The lowest BCUT2D eigenvalue weighted by atomic mass is 10.2. The van der Waals surface area contributed by atoms with Crippen LogP contribution in [-0.2, 0) is 13.2 Å². The van der Waals surface area contributed by atoms with E-state index in [4.69, 9.17) is 22.1 Å². The molecular weight excluding hydrogens is 255 g/mol. The lowest BCUT2D eigenvalue weighted by molar-refractivity contribution is 0.304. The maximum atomic E-state index is 13.2. The quantitative estimate of drug-likeness (QED) is 0.926. The van der Waals surface area contributed by atoms with E-state index in [1.54, 1.807) is 18.3 Å². The molecule has 2 aromatic rings. The largest absolute Gasteiger partial charge is 0.489 e. The molecule has 0 saturated carbocycles. The predicted octanol–water partition coefficient (Wildman–Crippen LogP) is 2.91. The van der Waals surface area contributed by atoms with Gasteiger partial charge in [0, 0.05) is 30.6 Å². The normalized spacial score (nSPS) is 10.4. The number of hydrogen-bond acceptors (Lipinski definition) is 3. The Balaban J connectivity index is 2.11. The zero-order valence-electron chi connectivity index (χ0n) is 9.57. The fourth-order valence-corrected chi connectivity index (χ4v) is 1.68. The summed E-state index contributed by atoms with van der Waals surface area (Å²) >= 11 is 5.94. The summed E-state index contributed by atoms with van der Waals surface area (Å²) in [7, 11) is 0. The first-order chi connectivity index (χ1) is 8.69. The average molecular weight is 267 g/mol. The van der Waals surface area contributed by atoms with Gasteiger partial charge in [0.2, 0.25) is 0 Å². The van der Waals surface area contributed by atoms with Crippen molar-refractivity contribution in [2.75, 3.05) is 0 Å². The van der Waals surface area contributed by atoms with Crippen LogP contribution in [0.15, 0.2) is 36.7 Å². The Kier molecular flexibility index (Phi) is 4.12. The molecule has 0 unspecified atom stereocenters. The molecule has 1 aromatic carbocycles. The summed E-state index contributed by atoms with van der Waals surface area (Å²) in [5, 5.41) is 0.521. The van der Waals surface area contributed by atoms with Crippen LogP contribution < -0.4 is 10.5 Å². The Hall–Kier alpha value is -1.65. The molecule has 0 aliphatic heterocycles. The van der Waals surface area contributed by atoms with Gasteiger partial charge in [0.25, 0.3) is 0 Å². The van der Waals surface area contributed by atoms with Crippen LogP contribution in [-0.4, -0.2) is 4.98 Å². The number of ether oxygens (including phenoxy) is 1. The molecule has 1 heterocycles. The fraction of sp³-hybridized carbons (Fsp3) is 0.154. The molecule has 0 aliphatic carbocycles. The van der Waals surface area contributed by atoms with Gasteiger partial charge in [-0.15, -0.1) is 0 Å². The second-order valence-electron chi connectivity index (χ2n) is 3.76. The number of nitrogens with two attached hydrogens (primary N) is 1. The van der Waals surface area contributed by atoms with Crippen molar-refractivity contribution in [1.82, 2.24) is 4.98 Å². The van der Waals surface area contributed by atoms with E-state index in [-0.39, 0.29) is 19.0 Å². The smallest absolute Gasteiger partial charge is 0.127 e. The minimum absolute atomic E-state index is 0.259. The fourth-order valence-electron chi connectivity index (χ4n) is 1.50. The third-order valence-electron chi connectivity index (χ3n) is 2.42. The zero-order valence-corrected chi connectivity index (χ0v) is 10.3. The Morgan fingerprint density at radius 2 is 2.17 bits per heavy atom. The van der Waals surface area contributed by atoms with Gasteiger partial charge < -0.3 is 10.5 Å². The Morgan fingerprint density at radius 3 is 2.89 bits per heavy atom. The van der Waals surface area contributed by atoms with E-state index < -0.39 is 0 Å². The minimum atomic E-state index is -0.367. The van der Waals surface area contributed by atoms with E-state index in [1.165, 1.54) is 18.3 Å². The number of halogens is 2. The van der Waals surface area contributed by atoms with Crippen LogP contribution in [0.25, 0.3) is 0 Å². The molecule has 2 N–H and O–H groups in total. The van der Waals surface area contributed by atoms with Crippen LogP contribution in [0.4, 0.5) is 4.39 Å². The Bertz CT molecular complexity index is 548. The molecule has 0 aliphatic rings. The van der Waals surface area contributed by atoms with E-state index >= 15 is 0 Å². The number of benzene rings is 1. The number of aromatic nitrogens is 1. The summed E-state index contributed by atoms with van der Waals surface area (Å²) in [6.07, 6.45) is 3.17. The summed E-state index contributed by atoms with van der Waals surface area (Å²) in [5.74, 6) is 0.0668. The maximum absolute atomic E-state index is 13.2. The molecule has 0 radical (unpaired) electrons. The predicted molar refractivity (Wildman–Crippen MR) is 67.9 cm³/mol. The van der Waals surface area contributed by atoms with Crippen molar-refractivity contribution in [1.29, 1.82) is 0 Å². The highest BCUT2D eigenvalue weighted by molar-refractivity contribution is 6.31. The van der Waals surface area contributed by atoms with Gasteiger partial charge in [-0.05, 0) is 23.8 Å². The molecule has 0 saturated heterocycles. The summed E-state index contributed by atoms with van der Waals surface area (Å²) in [6.45, 7) is 0.527. The number of pyridine rings is 1. The van der Waals surface area contributed by atoms with Crippen molar-refractivity contribution >= 4 is 11.6 Å². The summed E-state index contributed by atoms with van der Waals surface area (Å²) < 4.78 is 18.7. The van der Waals surface area contributed by atoms with Crippen LogP contribution in [0.5, 0.6) is 5.75 Å².